The molecule has 1 aliphatic rings. The van der Waals surface area contributed by atoms with Gasteiger partial charge in [0.15, 0.2) is 0 Å². The Morgan fingerprint density at radius 2 is 2.50 bits per heavy atom. The van der Waals surface area contributed by atoms with Crippen molar-refractivity contribution in [3.8, 4) is 5.75 Å². The molecule has 0 aliphatic carbocycles. The third-order valence-electron chi connectivity index (χ3n) is 3.24. The van der Waals surface area contributed by atoms with Crippen molar-refractivity contribution in [2.24, 2.45) is 5.92 Å². The fraction of sp³-hybridized carbons (Fsp3) is 0.385. The van der Waals surface area contributed by atoms with Crippen LogP contribution in [0, 0.1) is 12.0 Å². The van der Waals surface area contributed by atoms with Crippen molar-refractivity contribution in [3.05, 3.63) is 23.7 Å². The number of nitrogens with zero attached hydrogens (tertiary/aromatic N) is 1. The molecule has 1 amide bonds. The normalized spacial score (nSPS) is 20.9. The second-order valence-corrected chi connectivity index (χ2v) is 5.33. The zero-order valence-corrected chi connectivity index (χ0v) is 10.8. The van der Waals surface area contributed by atoms with Crippen molar-refractivity contribution in [2.75, 3.05) is 6.54 Å². The molecule has 1 aromatic carbocycles. The summed E-state index contributed by atoms with van der Waals surface area (Å²) in [6, 6.07) is 6.72. The lowest BCUT2D eigenvalue weighted by Gasteiger charge is -2.19. The molecular formula is C13H13N2O2S. The molecule has 0 saturated carbocycles. The van der Waals surface area contributed by atoms with Crippen LogP contribution >= 0.6 is 11.3 Å². The fourth-order valence-electron chi connectivity index (χ4n) is 2.15. The van der Waals surface area contributed by atoms with Crippen molar-refractivity contribution >= 4 is 27.5 Å². The molecule has 18 heavy (non-hydrogen) atoms. The van der Waals surface area contributed by atoms with Crippen molar-refractivity contribution < 1.29 is 9.53 Å². The lowest BCUT2D eigenvalue weighted by atomic mass is 10.0. The van der Waals surface area contributed by atoms with Crippen LogP contribution in [0.5, 0.6) is 5.75 Å². The molecule has 1 N–H and O–H groups in total. The Morgan fingerprint density at radius 1 is 1.61 bits per heavy atom. The van der Waals surface area contributed by atoms with Gasteiger partial charge in [0.1, 0.15) is 11.9 Å². The minimum atomic E-state index is 0.00468. The third kappa shape index (κ3) is 2.06. The summed E-state index contributed by atoms with van der Waals surface area (Å²) in [5, 5.41) is 2.83. The van der Waals surface area contributed by atoms with Crippen molar-refractivity contribution in [1.29, 1.82) is 0 Å². The van der Waals surface area contributed by atoms with Gasteiger partial charge in [0.25, 0.3) is 0 Å². The van der Waals surface area contributed by atoms with E-state index in [9.17, 15) is 4.79 Å². The summed E-state index contributed by atoms with van der Waals surface area (Å²) in [4.78, 5) is 15.4. The predicted molar refractivity (Wildman–Crippen MR) is 69.7 cm³/mol. The number of thiazole rings is 1. The highest BCUT2D eigenvalue weighted by Gasteiger charge is 2.28. The summed E-state index contributed by atoms with van der Waals surface area (Å²) in [5.74, 6) is 1.15. The highest BCUT2D eigenvalue weighted by atomic mass is 32.1. The summed E-state index contributed by atoms with van der Waals surface area (Å²) < 4.78 is 7.00. The minimum absolute atomic E-state index is 0.00468. The van der Waals surface area contributed by atoms with E-state index in [1.165, 1.54) is 0 Å². The summed E-state index contributed by atoms with van der Waals surface area (Å²) in [6.07, 6.45) is 0.550. The number of hydrogen-bond donors (Lipinski definition) is 1. The average Bonchev–Trinajstić information content (AvgIpc) is 2.97. The van der Waals surface area contributed by atoms with Crippen LogP contribution in [0.1, 0.15) is 13.3 Å². The topological polar surface area (TPSA) is 51.2 Å². The number of rotatable bonds is 3. The Bertz CT molecular complexity index is 581. The Hall–Kier alpha value is -1.62. The van der Waals surface area contributed by atoms with E-state index in [0.717, 1.165) is 16.0 Å². The summed E-state index contributed by atoms with van der Waals surface area (Å²) >= 11 is 1.56. The monoisotopic (exact) mass is 261 g/mol. The maximum Gasteiger partial charge on any atom is 0.220 e. The Balaban J connectivity index is 1.79. The number of hydrogen-bond acceptors (Lipinski definition) is 4. The largest absolute Gasteiger partial charge is 0.489 e. The summed E-state index contributed by atoms with van der Waals surface area (Å²) in [7, 11) is 0. The Morgan fingerprint density at radius 3 is 3.28 bits per heavy atom. The molecular weight excluding hydrogens is 248 g/mol. The number of nitrogens with one attached hydrogen (secondary N) is 1. The SMILES string of the molecule is C[C@@H](Oc1c[c]cc2ncsc12)[C@H]1CNC(=O)C1. The second-order valence-electron chi connectivity index (χ2n) is 4.48. The maximum atomic E-state index is 11.2. The van der Waals surface area contributed by atoms with Crippen LogP contribution in [-0.2, 0) is 4.79 Å². The molecule has 0 spiro atoms. The molecule has 1 aromatic heterocycles. The van der Waals surface area contributed by atoms with Crippen molar-refractivity contribution in [3.63, 3.8) is 0 Å². The number of amides is 1. The first-order valence-electron chi connectivity index (χ1n) is 5.90. The Labute approximate surface area is 109 Å². The van der Waals surface area contributed by atoms with Crippen LogP contribution in [0.3, 0.4) is 0 Å². The molecule has 3 rings (SSSR count). The van der Waals surface area contributed by atoms with E-state index in [1.807, 2.05) is 19.1 Å². The van der Waals surface area contributed by atoms with E-state index < -0.39 is 0 Å². The van der Waals surface area contributed by atoms with E-state index in [0.29, 0.717) is 13.0 Å². The van der Waals surface area contributed by atoms with Gasteiger partial charge in [0.2, 0.25) is 5.91 Å². The minimum Gasteiger partial charge on any atom is -0.489 e. The van der Waals surface area contributed by atoms with Crippen molar-refractivity contribution in [1.82, 2.24) is 10.3 Å². The molecule has 1 saturated heterocycles. The van der Waals surface area contributed by atoms with E-state index in [1.54, 1.807) is 16.8 Å². The molecule has 5 heteroatoms. The zero-order valence-electron chi connectivity index (χ0n) is 9.97. The molecule has 1 fully saturated rings. The van der Waals surface area contributed by atoms with Crippen LogP contribution < -0.4 is 10.1 Å². The zero-order chi connectivity index (χ0) is 12.5. The Kier molecular flexibility index (Phi) is 2.91. The lowest BCUT2D eigenvalue weighted by Crippen LogP contribution is -2.25. The number of carbonyl (C=O) groups excluding carboxylic acids is 1. The molecule has 2 heterocycles. The quantitative estimate of drug-likeness (QED) is 0.919. The molecule has 93 valence electrons. The van der Waals surface area contributed by atoms with Crippen LogP contribution in [0.4, 0.5) is 0 Å². The third-order valence-corrected chi connectivity index (χ3v) is 4.10. The first-order valence-corrected chi connectivity index (χ1v) is 6.78. The summed E-state index contributed by atoms with van der Waals surface area (Å²) in [6.45, 7) is 2.70. The van der Waals surface area contributed by atoms with Crippen LogP contribution in [0.2, 0.25) is 0 Å². The smallest absolute Gasteiger partial charge is 0.220 e. The van der Waals surface area contributed by atoms with Gasteiger partial charge in [-0.15, -0.1) is 11.3 Å². The molecule has 1 aliphatic heterocycles. The predicted octanol–water partition coefficient (Wildman–Crippen LogP) is 2.00. The highest BCUT2D eigenvalue weighted by molar-refractivity contribution is 7.17. The maximum absolute atomic E-state index is 11.2. The van der Waals surface area contributed by atoms with E-state index in [4.69, 9.17) is 4.74 Å². The van der Waals surface area contributed by atoms with E-state index >= 15 is 0 Å². The summed E-state index contributed by atoms with van der Waals surface area (Å²) in [5.41, 5.74) is 2.71. The molecule has 1 radical (unpaired) electrons. The lowest BCUT2D eigenvalue weighted by molar-refractivity contribution is -0.119. The van der Waals surface area contributed by atoms with Crippen LogP contribution in [0.15, 0.2) is 17.6 Å². The van der Waals surface area contributed by atoms with E-state index in [-0.39, 0.29) is 17.9 Å². The van der Waals surface area contributed by atoms with Gasteiger partial charge in [-0.1, -0.05) is 0 Å². The second kappa shape index (κ2) is 4.57. The van der Waals surface area contributed by atoms with Crippen LogP contribution in [0.25, 0.3) is 10.2 Å². The first-order chi connectivity index (χ1) is 8.74. The van der Waals surface area contributed by atoms with Gasteiger partial charge in [0.05, 0.1) is 15.7 Å². The van der Waals surface area contributed by atoms with Gasteiger partial charge in [0, 0.05) is 18.9 Å². The number of fused-ring (bicyclic) bond motifs is 1. The fourth-order valence-corrected chi connectivity index (χ4v) is 2.87. The molecule has 2 aromatic rings. The van der Waals surface area contributed by atoms with Crippen LogP contribution in [-0.4, -0.2) is 23.5 Å². The van der Waals surface area contributed by atoms with E-state index in [2.05, 4.69) is 16.4 Å². The molecule has 0 unspecified atom stereocenters. The number of benzene rings is 1. The van der Waals surface area contributed by atoms with Gasteiger partial charge >= 0.3 is 0 Å². The molecule has 0 bridgehead atoms. The van der Waals surface area contributed by atoms with Gasteiger partial charge in [-0.2, -0.15) is 0 Å². The highest BCUT2D eigenvalue weighted by Crippen LogP contribution is 2.30. The van der Waals surface area contributed by atoms with Crippen molar-refractivity contribution in [2.45, 2.75) is 19.4 Å². The molecule has 4 nitrogen and oxygen atoms in total. The van der Waals surface area contributed by atoms with Gasteiger partial charge in [-0.05, 0) is 25.1 Å². The number of aromatic nitrogens is 1. The average molecular weight is 261 g/mol. The number of carbonyl (C=O) groups is 1. The standard InChI is InChI=1S/C13H13N2O2S/c1-8(9-5-12(16)14-6-9)17-11-4-2-3-10-13(11)18-7-15-10/h3-4,7-9H,5-6H2,1H3,(H,14,16)/t8-,9-/m1/s1. The van der Waals surface area contributed by atoms with Gasteiger partial charge < -0.3 is 10.1 Å². The number of ether oxygens (including phenoxy) is 1. The molecule has 2 atom stereocenters. The van der Waals surface area contributed by atoms with Gasteiger partial charge in [-0.3, -0.25) is 4.79 Å². The van der Waals surface area contributed by atoms with Gasteiger partial charge in [-0.25, -0.2) is 4.98 Å². The first kappa shape index (κ1) is 11.5.